The normalized spacial score (nSPS) is 10.4. The minimum atomic E-state index is -0.609. The van der Waals surface area contributed by atoms with E-state index in [2.05, 4.69) is 27.1 Å². The number of nitrogens with zero attached hydrogens (tertiary/aromatic N) is 2. The molecule has 0 fully saturated rings. The van der Waals surface area contributed by atoms with E-state index in [0.29, 0.717) is 12.2 Å². The Bertz CT molecular complexity index is 729. The molecule has 0 bridgehead atoms. The van der Waals surface area contributed by atoms with Crippen LogP contribution < -0.4 is 16.4 Å². The number of anilines is 1. The Morgan fingerprint density at radius 1 is 1.38 bits per heavy atom. The second-order valence-electron chi connectivity index (χ2n) is 5.18. The van der Waals surface area contributed by atoms with Gasteiger partial charge in [-0.1, -0.05) is 18.5 Å². The van der Waals surface area contributed by atoms with E-state index in [0.717, 1.165) is 25.2 Å². The molecule has 1 aromatic carbocycles. The van der Waals surface area contributed by atoms with Crippen LogP contribution >= 0.6 is 11.6 Å². The number of carbonyl (C=O) groups excluding carboxylic acids is 2. The summed E-state index contributed by atoms with van der Waals surface area (Å²) >= 11 is 5.94. The van der Waals surface area contributed by atoms with Crippen molar-refractivity contribution in [1.82, 2.24) is 14.9 Å². The first-order valence-corrected chi connectivity index (χ1v) is 8.03. The van der Waals surface area contributed by atoms with E-state index in [-0.39, 0.29) is 16.6 Å². The van der Waals surface area contributed by atoms with E-state index >= 15 is 0 Å². The van der Waals surface area contributed by atoms with Gasteiger partial charge in [-0.05, 0) is 24.6 Å². The zero-order chi connectivity index (χ0) is 17.5. The quantitative estimate of drug-likeness (QED) is 0.669. The van der Waals surface area contributed by atoms with Gasteiger partial charge in [-0.25, -0.2) is 9.78 Å². The van der Waals surface area contributed by atoms with Crippen LogP contribution in [0, 0.1) is 0 Å². The van der Waals surface area contributed by atoms with Gasteiger partial charge < -0.3 is 20.9 Å². The van der Waals surface area contributed by atoms with Crippen LogP contribution in [0.25, 0.3) is 0 Å². The number of hydrogen-bond donors (Lipinski definition) is 3. The Morgan fingerprint density at radius 2 is 2.17 bits per heavy atom. The third-order valence-corrected chi connectivity index (χ3v) is 3.78. The summed E-state index contributed by atoms with van der Waals surface area (Å²) in [5, 5.41) is 5.63. The maximum Gasteiger partial charge on any atom is 0.319 e. The molecule has 4 N–H and O–H groups in total. The summed E-state index contributed by atoms with van der Waals surface area (Å²) in [4.78, 5) is 27.2. The number of halogens is 1. The largest absolute Gasteiger partial charge is 0.366 e. The number of urea groups is 1. The standard InChI is InChI=1S/C16H20ClN5O2/c1-2-14-19-7-9-22(14)8-3-6-20-16(24)21-11-4-5-12(15(18)23)13(17)10-11/h4-5,7,9-10H,2-3,6,8H2,1H3,(H2,18,23)(H2,20,21,24). The summed E-state index contributed by atoms with van der Waals surface area (Å²) in [6.45, 7) is 3.38. The highest BCUT2D eigenvalue weighted by molar-refractivity contribution is 6.34. The van der Waals surface area contributed by atoms with Gasteiger partial charge in [0.2, 0.25) is 5.91 Å². The van der Waals surface area contributed by atoms with Crippen molar-refractivity contribution in [2.45, 2.75) is 26.3 Å². The average Bonchev–Trinajstić information content (AvgIpc) is 2.98. The molecule has 7 nitrogen and oxygen atoms in total. The van der Waals surface area contributed by atoms with Gasteiger partial charge in [-0.3, -0.25) is 4.79 Å². The van der Waals surface area contributed by atoms with Crippen molar-refractivity contribution in [2.24, 2.45) is 5.73 Å². The van der Waals surface area contributed by atoms with Gasteiger partial charge in [0.05, 0.1) is 10.6 Å². The van der Waals surface area contributed by atoms with Crippen LogP contribution in [0.4, 0.5) is 10.5 Å². The van der Waals surface area contributed by atoms with E-state index in [4.69, 9.17) is 17.3 Å². The average molecular weight is 350 g/mol. The molecule has 0 saturated heterocycles. The van der Waals surface area contributed by atoms with Gasteiger partial charge in [0.15, 0.2) is 0 Å². The number of nitrogens with one attached hydrogen (secondary N) is 2. The van der Waals surface area contributed by atoms with E-state index < -0.39 is 5.91 Å². The van der Waals surface area contributed by atoms with Crippen molar-refractivity contribution in [1.29, 1.82) is 0 Å². The third-order valence-electron chi connectivity index (χ3n) is 3.47. The monoisotopic (exact) mass is 349 g/mol. The van der Waals surface area contributed by atoms with Gasteiger partial charge in [-0.15, -0.1) is 0 Å². The predicted molar refractivity (Wildman–Crippen MR) is 93.2 cm³/mol. The molecule has 8 heteroatoms. The van der Waals surface area contributed by atoms with Crippen LogP contribution in [0.3, 0.4) is 0 Å². The smallest absolute Gasteiger partial charge is 0.319 e. The summed E-state index contributed by atoms with van der Waals surface area (Å²) in [5.74, 6) is 0.422. The van der Waals surface area contributed by atoms with Crippen LogP contribution in [-0.2, 0) is 13.0 Å². The Balaban J connectivity index is 1.77. The molecule has 0 radical (unpaired) electrons. The number of hydrogen-bond acceptors (Lipinski definition) is 3. The van der Waals surface area contributed by atoms with Crippen LogP contribution in [0.5, 0.6) is 0 Å². The maximum atomic E-state index is 11.9. The molecular weight excluding hydrogens is 330 g/mol. The molecule has 0 aliphatic carbocycles. The van der Waals surface area contributed by atoms with Crippen LogP contribution in [0.2, 0.25) is 5.02 Å². The van der Waals surface area contributed by atoms with Gasteiger partial charge in [0, 0.05) is 37.6 Å². The van der Waals surface area contributed by atoms with Crippen molar-refractivity contribution < 1.29 is 9.59 Å². The lowest BCUT2D eigenvalue weighted by Gasteiger charge is -2.10. The molecule has 1 heterocycles. The first kappa shape index (κ1) is 17.8. The van der Waals surface area contributed by atoms with Crippen molar-refractivity contribution >= 4 is 29.2 Å². The predicted octanol–water partition coefficient (Wildman–Crippen LogP) is 2.41. The minimum absolute atomic E-state index is 0.201. The van der Waals surface area contributed by atoms with Crippen LogP contribution in [0.1, 0.15) is 29.5 Å². The zero-order valence-electron chi connectivity index (χ0n) is 13.4. The number of carbonyl (C=O) groups is 2. The van der Waals surface area contributed by atoms with Gasteiger partial charge in [0.1, 0.15) is 5.82 Å². The van der Waals surface area contributed by atoms with Gasteiger partial charge in [-0.2, -0.15) is 0 Å². The molecule has 0 unspecified atom stereocenters. The van der Waals surface area contributed by atoms with Crippen molar-refractivity contribution in [3.8, 4) is 0 Å². The lowest BCUT2D eigenvalue weighted by atomic mass is 10.2. The van der Waals surface area contributed by atoms with Crippen molar-refractivity contribution in [3.63, 3.8) is 0 Å². The summed E-state index contributed by atoms with van der Waals surface area (Å²) in [6.07, 6.45) is 5.38. The topological polar surface area (TPSA) is 102 Å². The molecule has 0 atom stereocenters. The minimum Gasteiger partial charge on any atom is -0.366 e. The Hall–Kier alpha value is -2.54. The molecule has 0 aliphatic heterocycles. The molecule has 3 amide bonds. The molecule has 2 aromatic rings. The summed E-state index contributed by atoms with van der Waals surface area (Å²) < 4.78 is 2.07. The molecule has 0 aliphatic rings. The van der Waals surface area contributed by atoms with E-state index in [1.165, 1.54) is 12.1 Å². The Labute approximate surface area is 145 Å². The Morgan fingerprint density at radius 3 is 2.83 bits per heavy atom. The maximum absolute atomic E-state index is 11.9. The SMILES string of the molecule is CCc1nccn1CCCNC(=O)Nc1ccc(C(N)=O)c(Cl)c1. The molecule has 0 saturated carbocycles. The third kappa shape index (κ3) is 4.73. The van der Waals surface area contributed by atoms with E-state index in [1.807, 2.05) is 6.20 Å². The number of aromatic nitrogens is 2. The lowest BCUT2D eigenvalue weighted by molar-refractivity contribution is 0.100. The van der Waals surface area contributed by atoms with E-state index in [9.17, 15) is 9.59 Å². The van der Waals surface area contributed by atoms with Crippen molar-refractivity contribution in [2.75, 3.05) is 11.9 Å². The molecule has 2 rings (SSSR count). The van der Waals surface area contributed by atoms with Crippen molar-refractivity contribution in [3.05, 3.63) is 47.0 Å². The summed E-state index contributed by atoms with van der Waals surface area (Å²) in [7, 11) is 0. The highest BCUT2D eigenvalue weighted by Crippen LogP contribution is 2.20. The number of primary amides is 1. The summed E-state index contributed by atoms with van der Waals surface area (Å²) in [6, 6.07) is 4.20. The highest BCUT2D eigenvalue weighted by Gasteiger charge is 2.08. The second-order valence-corrected chi connectivity index (χ2v) is 5.59. The number of amides is 3. The summed E-state index contributed by atoms with van der Waals surface area (Å²) in [5.41, 5.74) is 5.89. The zero-order valence-corrected chi connectivity index (χ0v) is 14.1. The number of aryl methyl sites for hydroxylation is 2. The van der Waals surface area contributed by atoms with Gasteiger partial charge in [0.25, 0.3) is 0 Å². The fourth-order valence-electron chi connectivity index (χ4n) is 2.28. The number of rotatable bonds is 7. The fourth-order valence-corrected chi connectivity index (χ4v) is 2.55. The van der Waals surface area contributed by atoms with E-state index in [1.54, 1.807) is 12.3 Å². The number of nitrogens with two attached hydrogens (primary N) is 1. The molecule has 1 aromatic heterocycles. The van der Waals surface area contributed by atoms with Gasteiger partial charge >= 0.3 is 6.03 Å². The first-order chi connectivity index (χ1) is 11.5. The Kier molecular flexibility index (Phi) is 6.20. The first-order valence-electron chi connectivity index (χ1n) is 7.65. The lowest BCUT2D eigenvalue weighted by Crippen LogP contribution is -2.30. The highest BCUT2D eigenvalue weighted by atomic mass is 35.5. The molecule has 128 valence electrons. The second kappa shape index (κ2) is 8.35. The van der Waals surface area contributed by atoms with Crippen LogP contribution in [-0.4, -0.2) is 28.0 Å². The molecular formula is C16H20ClN5O2. The number of imidazole rings is 1. The number of benzene rings is 1. The molecule has 0 spiro atoms. The van der Waals surface area contributed by atoms with Crippen LogP contribution in [0.15, 0.2) is 30.6 Å². The molecule has 24 heavy (non-hydrogen) atoms. The fraction of sp³-hybridized carbons (Fsp3) is 0.312.